The van der Waals surface area contributed by atoms with E-state index in [1.54, 1.807) is 41.9 Å². The quantitative estimate of drug-likeness (QED) is 0.684. The Kier molecular flexibility index (Phi) is 5.41. The molecule has 0 aliphatic carbocycles. The lowest BCUT2D eigenvalue weighted by Crippen LogP contribution is -2.16. The highest BCUT2D eigenvalue weighted by Crippen LogP contribution is 2.31. The third kappa shape index (κ3) is 3.95. The lowest BCUT2D eigenvalue weighted by molar-refractivity contribution is -0.116. The van der Waals surface area contributed by atoms with E-state index in [0.717, 1.165) is 22.8 Å². The third-order valence-corrected chi connectivity index (χ3v) is 4.89. The van der Waals surface area contributed by atoms with Gasteiger partial charge >= 0.3 is 0 Å². The van der Waals surface area contributed by atoms with Gasteiger partial charge in [0.25, 0.3) is 5.91 Å². The molecule has 0 aliphatic rings. The van der Waals surface area contributed by atoms with Crippen LogP contribution >= 0.6 is 34.7 Å². The molecule has 3 rings (SSSR count). The van der Waals surface area contributed by atoms with Gasteiger partial charge < -0.3 is 4.57 Å². The first-order valence-corrected chi connectivity index (χ1v) is 9.12. The van der Waals surface area contributed by atoms with Crippen LogP contribution in [0.1, 0.15) is 23.2 Å². The molecule has 2 aromatic heterocycles. The van der Waals surface area contributed by atoms with Crippen LogP contribution in [0.25, 0.3) is 11.3 Å². The molecule has 0 bridgehead atoms. The van der Waals surface area contributed by atoms with E-state index >= 15 is 0 Å². The summed E-state index contributed by atoms with van der Waals surface area (Å²) in [7, 11) is 1.77. The molecule has 0 unspecified atom stereocenters. The molecule has 1 amide bonds. The maximum absolute atomic E-state index is 12.5. The number of hydrogen-bond acceptors (Lipinski definition) is 5. The number of carbonyl (C=O) groups is 2. The summed E-state index contributed by atoms with van der Waals surface area (Å²) in [6.07, 6.45) is 0.147. The van der Waals surface area contributed by atoms with Gasteiger partial charge in [-0.1, -0.05) is 23.2 Å². The number of Topliss-reactive ketones (excluding diaryl/α,β-unsaturated/α-hetero) is 1. The molecule has 0 atom stereocenters. The zero-order chi connectivity index (χ0) is 18.8. The number of halogens is 2. The van der Waals surface area contributed by atoms with E-state index in [1.807, 2.05) is 0 Å². The number of amides is 1. The van der Waals surface area contributed by atoms with Crippen molar-refractivity contribution in [3.05, 3.63) is 51.9 Å². The zero-order valence-electron chi connectivity index (χ0n) is 13.9. The zero-order valence-corrected chi connectivity index (χ0v) is 16.2. The van der Waals surface area contributed by atoms with Gasteiger partial charge in [0.05, 0.1) is 6.42 Å². The molecular formula is C17H14Cl2N4O2S. The van der Waals surface area contributed by atoms with Crippen molar-refractivity contribution in [2.45, 2.75) is 13.3 Å². The Morgan fingerprint density at radius 1 is 1.23 bits per heavy atom. The van der Waals surface area contributed by atoms with E-state index in [4.69, 9.17) is 23.2 Å². The standard InChI is InChI=1S/C17H14Cl2N4O2S/c1-9(24)7-15-20-17(26-22-15)21-16(25)14-6-5-13(23(14)2)11-8-10(18)3-4-12(11)19/h3-6,8H,7H2,1-2H3,(H,20,21,22,25). The second-order valence-corrected chi connectivity index (χ2v) is 7.23. The number of carbonyl (C=O) groups excluding carboxylic acids is 2. The van der Waals surface area contributed by atoms with Crippen LogP contribution in [0, 0.1) is 0 Å². The molecule has 2 heterocycles. The molecule has 0 radical (unpaired) electrons. The minimum Gasteiger partial charge on any atom is -0.340 e. The van der Waals surface area contributed by atoms with Crippen molar-refractivity contribution < 1.29 is 9.59 Å². The summed E-state index contributed by atoms with van der Waals surface area (Å²) in [4.78, 5) is 27.8. The number of aromatic nitrogens is 3. The molecular weight excluding hydrogens is 395 g/mol. The SMILES string of the molecule is CC(=O)Cc1nsc(NC(=O)c2ccc(-c3cc(Cl)ccc3Cl)n2C)n1. The molecule has 1 N–H and O–H groups in total. The van der Waals surface area contributed by atoms with Crippen LogP contribution in [0.4, 0.5) is 5.13 Å². The second-order valence-electron chi connectivity index (χ2n) is 5.64. The van der Waals surface area contributed by atoms with E-state index in [1.165, 1.54) is 6.92 Å². The molecule has 0 spiro atoms. The number of nitrogens with one attached hydrogen (secondary N) is 1. The average Bonchev–Trinajstić information content (AvgIpc) is 3.15. The third-order valence-electron chi connectivity index (χ3n) is 3.65. The van der Waals surface area contributed by atoms with Gasteiger partial charge in [0.1, 0.15) is 11.5 Å². The summed E-state index contributed by atoms with van der Waals surface area (Å²) < 4.78 is 5.78. The molecule has 0 saturated heterocycles. The van der Waals surface area contributed by atoms with Gasteiger partial charge in [-0.15, -0.1) is 0 Å². The summed E-state index contributed by atoms with van der Waals surface area (Å²) >= 11 is 13.3. The highest BCUT2D eigenvalue weighted by atomic mass is 35.5. The fourth-order valence-corrected chi connectivity index (χ4v) is 3.43. The van der Waals surface area contributed by atoms with Gasteiger partial charge in [-0.25, -0.2) is 4.98 Å². The van der Waals surface area contributed by atoms with Crippen molar-refractivity contribution in [2.75, 3.05) is 5.32 Å². The van der Waals surface area contributed by atoms with Crippen LogP contribution in [0.5, 0.6) is 0 Å². The molecule has 9 heteroatoms. The minimum absolute atomic E-state index is 0.0360. The molecule has 0 saturated carbocycles. The van der Waals surface area contributed by atoms with Crippen molar-refractivity contribution in [3.8, 4) is 11.3 Å². The Morgan fingerprint density at radius 3 is 2.73 bits per heavy atom. The van der Waals surface area contributed by atoms with Gasteiger partial charge in [0, 0.05) is 39.9 Å². The van der Waals surface area contributed by atoms with Crippen molar-refractivity contribution in [3.63, 3.8) is 0 Å². The van der Waals surface area contributed by atoms with Crippen LogP contribution < -0.4 is 5.32 Å². The fraction of sp³-hybridized carbons (Fsp3) is 0.176. The molecule has 134 valence electrons. The maximum atomic E-state index is 12.5. The highest BCUT2D eigenvalue weighted by molar-refractivity contribution is 7.09. The lowest BCUT2D eigenvalue weighted by atomic mass is 10.1. The smallest absolute Gasteiger partial charge is 0.274 e. The molecule has 6 nitrogen and oxygen atoms in total. The molecule has 3 aromatic rings. The summed E-state index contributed by atoms with van der Waals surface area (Å²) in [5.41, 5.74) is 1.93. The van der Waals surface area contributed by atoms with E-state index in [2.05, 4.69) is 14.7 Å². The van der Waals surface area contributed by atoms with E-state index in [0.29, 0.717) is 26.7 Å². The van der Waals surface area contributed by atoms with E-state index in [-0.39, 0.29) is 18.1 Å². The predicted molar refractivity (Wildman–Crippen MR) is 103 cm³/mol. The Balaban J connectivity index is 1.83. The van der Waals surface area contributed by atoms with Crippen LogP contribution in [-0.4, -0.2) is 25.6 Å². The van der Waals surface area contributed by atoms with Gasteiger partial charge in [-0.05, 0) is 37.3 Å². The van der Waals surface area contributed by atoms with Gasteiger partial charge in [0.15, 0.2) is 5.82 Å². The molecule has 0 fully saturated rings. The summed E-state index contributed by atoms with van der Waals surface area (Å²) in [6, 6.07) is 8.66. The average molecular weight is 409 g/mol. The molecule has 26 heavy (non-hydrogen) atoms. The highest BCUT2D eigenvalue weighted by Gasteiger charge is 2.17. The maximum Gasteiger partial charge on any atom is 0.274 e. The lowest BCUT2D eigenvalue weighted by Gasteiger charge is -2.09. The van der Waals surface area contributed by atoms with Crippen LogP contribution in [-0.2, 0) is 18.3 Å². The van der Waals surface area contributed by atoms with Gasteiger partial charge in [0.2, 0.25) is 5.13 Å². The van der Waals surface area contributed by atoms with Crippen molar-refractivity contribution in [1.82, 2.24) is 13.9 Å². The first kappa shape index (κ1) is 18.6. The number of rotatable bonds is 5. The van der Waals surface area contributed by atoms with Crippen molar-refractivity contribution in [1.29, 1.82) is 0 Å². The second kappa shape index (κ2) is 7.57. The Bertz CT molecular complexity index is 997. The predicted octanol–water partition coefficient (Wildman–Crippen LogP) is 4.23. The van der Waals surface area contributed by atoms with E-state index < -0.39 is 0 Å². The Morgan fingerprint density at radius 2 is 2.00 bits per heavy atom. The molecule has 1 aromatic carbocycles. The van der Waals surface area contributed by atoms with Crippen LogP contribution in [0.3, 0.4) is 0 Å². The number of ketones is 1. The van der Waals surface area contributed by atoms with Crippen molar-refractivity contribution in [2.24, 2.45) is 7.05 Å². The number of benzene rings is 1. The minimum atomic E-state index is -0.331. The van der Waals surface area contributed by atoms with Gasteiger partial charge in [-0.2, -0.15) is 4.37 Å². The normalized spacial score (nSPS) is 10.8. The van der Waals surface area contributed by atoms with Crippen molar-refractivity contribution >= 4 is 51.6 Å². The number of anilines is 1. The first-order valence-electron chi connectivity index (χ1n) is 7.59. The van der Waals surface area contributed by atoms with E-state index in [9.17, 15) is 9.59 Å². The first-order chi connectivity index (χ1) is 12.3. The summed E-state index contributed by atoms with van der Waals surface area (Å²) in [5.74, 6) is 0.0321. The Hall–Kier alpha value is -2.22. The van der Waals surface area contributed by atoms with Crippen LogP contribution in [0.15, 0.2) is 30.3 Å². The van der Waals surface area contributed by atoms with Gasteiger partial charge in [-0.3, -0.25) is 14.9 Å². The monoisotopic (exact) mass is 408 g/mol. The topological polar surface area (TPSA) is 76.9 Å². The fourth-order valence-electron chi connectivity index (χ4n) is 2.46. The summed E-state index contributed by atoms with van der Waals surface area (Å²) in [5, 5.41) is 4.14. The van der Waals surface area contributed by atoms with Crippen LogP contribution in [0.2, 0.25) is 10.0 Å². The summed E-state index contributed by atoms with van der Waals surface area (Å²) in [6.45, 7) is 1.46. The Labute approximate surface area is 163 Å². The molecule has 0 aliphatic heterocycles. The number of nitrogens with zero attached hydrogens (tertiary/aromatic N) is 3. The number of hydrogen-bond donors (Lipinski definition) is 1. The largest absolute Gasteiger partial charge is 0.340 e.